The van der Waals surface area contributed by atoms with Crippen LogP contribution in [0.25, 0.3) is 0 Å². The Morgan fingerprint density at radius 1 is 1.37 bits per heavy atom. The van der Waals surface area contributed by atoms with E-state index in [0.29, 0.717) is 12.0 Å². The fraction of sp³-hybridized carbons (Fsp3) is 0.688. The van der Waals surface area contributed by atoms with E-state index in [1.165, 1.54) is 31.4 Å². The van der Waals surface area contributed by atoms with Gasteiger partial charge >= 0.3 is 0 Å². The predicted molar refractivity (Wildman–Crippen MR) is 80.2 cm³/mol. The third-order valence-electron chi connectivity index (χ3n) is 4.19. The van der Waals surface area contributed by atoms with Gasteiger partial charge < -0.3 is 5.32 Å². The molecule has 3 nitrogen and oxygen atoms in total. The molecular weight excluding hydrogens is 234 g/mol. The van der Waals surface area contributed by atoms with Gasteiger partial charge in [-0.3, -0.25) is 9.88 Å². The lowest BCUT2D eigenvalue weighted by Gasteiger charge is -2.32. The lowest BCUT2D eigenvalue weighted by molar-refractivity contribution is 0.189. The number of aryl methyl sites for hydroxylation is 1. The van der Waals surface area contributed by atoms with Gasteiger partial charge in [-0.05, 0) is 64.0 Å². The molecule has 0 bridgehead atoms. The number of pyridine rings is 1. The number of hydrogen-bond donors (Lipinski definition) is 1. The second-order valence-electron chi connectivity index (χ2n) is 5.72. The standard InChI is InChI=1S/C16H27N3/c1-4-17-11-14-7-5-6-10-19(3)16(14)15-9-8-13(2)18-12-15/h8-9,12,14,16-17H,4-7,10-11H2,1-3H3. The van der Waals surface area contributed by atoms with E-state index in [1.807, 2.05) is 0 Å². The first-order chi connectivity index (χ1) is 9.22. The molecule has 0 amide bonds. The van der Waals surface area contributed by atoms with Crippen molar-refractivity contribution >= 4 is 0 Å². The van der Waals surface area contributed by atoms with Gasteiger partial charge in [0.1, 0.15) is 0 Å². The van der Waals surface area contributed by atoms with Crippen LogP contribution < -0.4 is 5.32 Å². The molecule has 1 aliphatic rings. The van der Waals surface area contributed by atoms with E-state index >= 15 is 0 Å². The SMILES string of the molecule is CCNCC1CCCCN(C)C1c1ccc(C)nc1. The maximum Gasteiger partial charge on any atom is 0.0400 e. The number of hydrogen-bond acceptors (Lipinski definition) is 3. The minimum Gasteiger partial charge on any atom is -0.317 e. The van der Waals surface area contributed by atoms with E-state index in [-0.39, 0.29) is 0 Å². The molecular formula is C16H27N3. The van der Waals surface area contributed by atoms with E-state index in [2.05, 4.69) is 54.4 Å². The van der Waals surface area contributed by atoms with Gasteiger partial charge in [0, 0.05) is 17.9 Å². The summed E-state index contributed by atoms with van der Waals surface area (Å²) in [5, 5.41) is 3.53. The molecule has 1 fully saturated rings. The smallest absolute Gasteiger partial charge is 0.0400 e. The van der Waals surface area contributed by atoms with Crippen LogP contribution in [0, 0.1) is 12.8 Å². The Hall–Kier alpha value is -0.930. The monoisotopic (exact) mass is 261 g/mol. The minimum absolute atomic E-state index is 0.509. The highest BCUT2D eigenvalue weighted by Gasteiger charge is 2.28. The summed E-state index contributed by atoms with van der Waals surface area (Å²) in [5.74, 6) is 0.692. The van der Waals surface area contributed by atoms with Crippen LogP contribution in [-0.2, 0) is 0 Å². The zero-order chi connectivity index (χ0) is 13.7. The fourth-order valence-electron chi connectivity index (χ4n) is 3.15. The van der Waals surface area contributed by atoms with Gasteiger partial charge in [-0.2, -0.15) is 0 Å². The first-order valence-corrected chi connectivity index (χ1v) is 7.56. The molecule has 0 saturated carbocycles. The summed E-state index contributed by atoms with van der Waals surface area (Å²) >= 11 is 0. The van der Waals surface area contributed by atoms with E-state index in [9.17, 15) is 0 Å². The number of rotatable bonds is 4. The molecule has 19 heavy (non-hydrogen) atoms. The topological polar surface area (TPSA) is 28.2 Å². The van der Waals surface area contributed by atoms with Crippen molar-refractivity contribution in [2.24, 2.45) is 5.92 Å². The molecule has 3 heteroatoms. The maximum absolute atomic E-state index is 4.49. The molecule has 0 aromatic carbocycles. The first-order valence-electron chi connectivity index (χ1n) is 7.56. The summed E-state index contributed by atoms with van der Waals surface area (Å²) in [6.45, 7) is 7.60. The number of aromatic nitrogens is 1. The third-order valence-corrected chi connectivity index (χ3v) is 4.19. The molecule has 1 aromatic rings. The zero-order valence-corrected chi connectivity index (χ0v) is 12.5. The van der Waals surface area contributed by atoms with Gasteiger partial charge in [0.25, 0.3) is 0 Å². The molecule has 1 saturated heterocycles. The highest BCUT2D eigenvalue weighted by atomic mass is 15.1. The van der Waals surface area contributed by atoms with Crippen molar-refractivity contribution in [3.05, 3.63) is 29.6 Å². The highest BCUT2D eigenvalue weighted by molar-refractivity contribution is 5.18. The molecule has 1 aromatic heterocycles. The Bertz CT molecular complexity index is 374. The van der Waals surface area contributed by atoms with Crippen LogP contribution in [0.2, 0.25) is 0 Å². The summed E-state index contributed by atoms with van der Waals surface area (Å²) in [6, 6.07) is 4.90. The second-order valence-corrected chi connectivity index (χ2v) is 5.72. The molecule has 1 aliphatic heterocycles. The van der Waals surface area contributed by atoms with E-state index in [4.69, 9.17) is 0 Å². The molecule has 2 atom stereocenters. The second kappa shape index (κ2) is 7.01. The van der Waals surface area contributed by atoms with E-state index in [1.54, 1.807) is 0 Å². The average molecular weight is 261 g/mol. The predicted octanol–water partition coefficient (Wildman–Crippen LogP) is 2.77. The Balaban J connectivity index is 2.20. The normalized spacial score (nSPS) is 25.2. The fourth-order valence-corrected chi connectivity index (χ4v) is 3.15. The van der Waals surface area contributed by atoms with Crippen LogP contribution in [0.5, 0.6) is 0 Å². The molecule has 2 unspecified atom stereocenters. The summed E-state index contributed by atoms with van der Waals surface area (Å²) in [7, 11) is 2.26. The molecule has 106 valence electrons. The molecule has 0 radical (unpaired) electrons. The van der Waals surface area contributed by atoms with E-state index in [0.717, 1.165) is 18.8 Å². The van der Waals surface area contributed by atoms with Crippen molar-refractivity contribution in [1.82, 2.24) is 15.2 Å². The van der Waals surface area contributed by atoms with Crippen LogP contribution in [0.15, 0.2) is 18.3 Å². The van der Waals surface area contributed by atoms with Crippen molar-refractivity contribution in [3.8, 4) is 0 Å². The Morgan fingerprint density at radius 2 is 2.21 bits per heavy atom. The Labute approximate surface area is 117 Å². The lowest BCUT2D eigenvalue weighted by Crippen LogP contribution is -2.35. The number of nitrogens with zero attached hydrogens (tertiary/aromatic N) is 2. The van der Waals surface area contributed by atoms with Crippen LogP contribution in [0.3, 0.4) is 0 Å². The van der Waals surface area contributed by atoms with Crippen LogP contribution in [0.4, 0.5) is 0 Å². The van der Waals surface area contributed by atoms with Gasteiger partial charge in [0.15, 0.2) is 0 Å². The number of nitrogens with one attached hydrogen (secondary N) is 1. The molecule has 2 rings (SSSR count). The highest BCUT2D eigenvalue weighted by Crippen LogP contribution is 2.33. The third kappa shape index (κ3) is 3.77. The van der Waals surface area contributed by atoms with Gasteiger partial charge in [-0.15, -0.1) is 0 Å². The van der Waals surface area contributed by atoms with Crippen molar-refractivity contribution < 1.29 is 0 Å². The summed E-state index contributed by atoms with van der Waals surface area (Å²) < 4.78 is 0. The summed E-state index contributed by atoms with van der Waals surface area (Å²) in [5.41, 5.74) is 2.47. The van der Waals surface area contributed by atoms with Crippen molar-refractivity contribution in [3.63, 3.8) is 0 Å². The average Bonchev–Trinajstić information content (AvgIpc) is 2.59. The van der Waals surface area contributed by atoms with Gasteiger partial charge in [-0.25, -0.2) is 0 Å². The van der Waals surface area contributed by atoms with Crippen molar-refractivity contribution in [1.29, 1.82) is 0 Å². The lowest BCUT2D eigenvalue weighted by atomic mass is 9.90. The number of likely N-dealkylation sites (tertiary alicyclic amines) is 1. The molecule has 0 aliphatic carbocycles. The molecule has 2 heterocycles. The minimum atomic E-state index is 0.509. The molecule has 0 spiro atoms. The van der Waals surface area contributed by atoms with Gasteiger partial charge in [-0.1, -0.05) is 19.4 Å². The maximum atomic E-state index is 4.49. The van der Waals surface area contributed by atoms with Gasteiger partial charge in [0.2, 0.25) is 0 Å². The van der Waals surface area contributed by atoms with Crippen LogP contribution in [0.1, 0.15) is 43.5 Å². The first kappa shape index (κ1) is 14.5. The largest absolute Gasteiger partial charge is 0.317 e. The van der Waals surface area contributed by atoms with Crippen molar-refractivity contribution in [2.45, 2.75) is 39.2 Å². The Kier molecular flexibility index (Phi) is 5.34. The van der Waals surface area contributed by atoms with Crippen LogP contribution >= 0.6 is 0 Å². The quantitative estimate of drug-likeness (QED) is 0.903. The summed E-state index contributed by atoms with van der Waals surface area (Å²) in [6.07, 6.45) is 6.04. The zero-order valence-electron chi connectivity index (χ0n) is 12.5. The van der Waals surface area contributed by atoms with E-state index < -0.39 is 0 Å². The Morgan fingerprint density at radius 3 is 2.89 bits per heavy atom. The molecule has 1 N–H and O–H groups in total. The van der Waals surface area contributed by atoms with Crippen molar-refractivity contribution in [2.75, 3.05) is 26.7 Å². The van der Waals surface area contributed by atoms with Gasteiger partial charge in [0.05, 0.1) is 0 Å². The summed E-state index contributed by atoms with van der Waals surface area (Å²) in [4.78, 5) is 7.00. The van der Waals surface area contributed by atoms with Crippen LogP contribution in [-0.4, -0.2) is 36.6 Å².